The molecule has 24 heavy (non-hydrogen) atoms. The predicted molar refractivity (Wildman–Crippen MR) is 79.7 cm³/mol. The smallest absolute Gasteiger partial charge is 0.371 e. The van der Waals surface area contributed by atoms with E-state index in [9.17, 15) is 18.5 Å². The molecule has 0 unspecified atom stereocenters. The summed E-state index contributed by atoms with van der Waals surface area (Å²) >= 11 is 0. The van der Waals surface area contributed by atoms with Crippen LogP contribution in [0.2, 0.25) is 0 Å². The van der Waals surface area contributed by atoms with Crippen LogP contribution >= 0.6 is 23.5 Å². The first kappa shape index (κ1) is 23.1. The summed E-state index contributed by atoms with van der Waals surface area (Å²) < 4.78 is 36.4. The van der Waals surface area contributed by atoms with Gasteiger partial charge in [-0.15, -0.1) is 0 Å². The second-order valence-corrected chi connectivity index (χ2v) is 8.03. The van der Waals surface area contributed by atoms with Crippen molar-refractivity contribution in [1.82, 2.24) is 9.97 Å². The van der Waals surface area contributed by atoms with E-state index in [1.54, 1.807) is 6.07 Å². The van der Waals surface area contributed by atoms with Crippen molar-refractivity contribution >= 4 is 29.3 Å². The third-order valence-corrected chi connectivity index (χ3v) is 5.01. The molecular formula is C7H16N3O11P3. The fourth-order valence-electron chi connectivity index (χ4n) is 1.02. The SMILES string of the molecule is CCCNc1ccnc(=O)[nH]1.O=P(O)(O)OP(=O)(O)OP(=O)(O)O. The molecule has 7 N–H and O–H groups in total. The minimum absolute atomic E-state index is 0.314. The summed E-state index contributed by atoms with van der Waals surface area (Å²) in [4.78, 5) is 56.9. The highest BCUT2D eigenvalue weighted by Crippen LogP contribution is 2.64. The van der Waals surface area contributed by atoms with Crippen molar-refractivity contribution in [3.05, 3.63) is 22.7 Å². The highest BCUT2D eigenvalue weighted by Gasteiger charge is 2.38. The molecule has 0 atom stereocenters. The summed E-state index contributed by atoms with van der Waals surface area (Å²) in [7, 11) is -16.2. The fraction of sp³-hybridized carbons (Fsp3) is 0.429. The third-order valence-electron chi connectivity index (χ3n) is 1.66. The molecule has 140 valence electrons. The lowest BCUT2D eigenvalue weighted by molar-refractivity contribution is 0.204. The molecule has 0 spiro atoms. The van der Waals surface area contributed by atoms with Gasteiger partial charge in [-0.1, -0.05) is 6.92 Å². The van der Waals surface area contributed by atoms with E-state index in [0.29, 0.717) is 0 Å². The maximum atomic E-state index is 10.6. The van der Waals surface area contributed by atoms with Crippen molar-refractivity contribution in [2.75, 3.05) is 11.9 Å². The second-order valence-electron chi connectivity index (χ2n) is 3.83. The van der Waals surface area contributed by atoms with Gasteiger partial charge in [0.25, 0.3) is 0 Å². The Balaban J connectivity index is 0.000000446. The fourth-order valence-corrected chi connectivity index (χ4v) is 3.55. The highest BCUT2D eigenvalue weighted by atomic mass is 31.3. The zero-order valence-electron chi connectivity index (χ0n) is 12.0. The molecule has 0 saturated carbocycles. The first-order valence-corrected chi connectivity index (χ1v) is 10.5. The Morgan fingerprint density at radius 1 is 1.12 bits per heavy atom. The number of hydrogen-bond donors (Lipinski definition) is 7. The maximum Gasteiger partial charge on any atom is 0.490 e. The normalized spacial score (nSPS) is 12.2. The quantitative estimate of drug-likeness (QED) is 0.291. The minimum atomic E-state index is -5.46. The molecule has 0 aliphatic heterocycles. The Hall–Kier alpha value is -0.910. The summed E-state index contributed by atoms with van der Waals surface area (Å²) in [5.74, 6) is 0.729. The Morgan fingerprint density at radius 2 is 1.62 bits per heavy atom. The van der Waals surface area contributed by atoms with Gasteiger partial charge in [0.2, 0.25) is 0 Å². The van der Waals surface area contributed by atoms with Gasteiger partial charge in [0.05, 0.1) is 0 Å². The van der Waals surface area contributed by atoms with Crippen LogP contribution in [0.25, 0.3) is 0 Å². The summed E-state index contributed by atoms with van der Waals surface area (Å²) in [5.41, 5.74) is -0.314. The summed E-state index contributed by atoms with van der Waals surface area (Å²) in [6.45, 7) is 2.92. The first-order valence-electron chi connectivity index (χ1n) is 5.90. The number of rotatable bonds is 7. The number of phosphoric acid groups is 3. The summed E-state index contributed by atoms with van der Waals surface area (Å²) in [5, 5.41) is 3.04. The van der Waals surface area contributed by atoms with Crippen molar-refractivity contribution in [2.24, 2.45) is 0 Å². The molecule has 0 aliphatic rings. The minimum Gasteiger partial charge on any atom is -0.371 e. The molecule has 0 saturated heterocycles. The topological polar surface area (TPSA) is 229 Å². The molecule has 0 bridgehead atoms. The monoisotopic (exact) mass is 411 g/mol. The van der Waals surface area contributed by atoms with Gasteiger partial charge < -0.3 is 29.8 Å². The molecule has 14 nitrogen and oxygen atoms in total. The van der Waals surface area contributed by atoms with Crippen molar-refractivity contribution in [1.29, 1.82) is 0 Å². The van der Waals surface area contributed by atoms with Crippen LogP contribution in [0.5, 0.6) is 0 Å². The van der Waals surface area contributed by atoms with E-state index in [0.717, 1.165) is 18.8 Å². The first-order chi connectivity index (χ1) is 10.7. The zero-order valence-corrected chi connectivity index (χ0v) is 14.7. The summed E-state index contributed by atoms with van der Waals surface area (Å²) in [6, 6.07) is 1.73. The predicted octanol–water partition coefficient (Wildman–Crippen LogP) is -0.103. The van der Waals surface area contributed by atoms with E-state index in [-0.39, 0.29) is 5.69 Å². The van der Waals surface area contributed by atoms with Gasteiger partial charge >= 0.3 is 29.2 Å². The van der Waals surface area contributed by atoms with Crippen molar-refractivity contribution < 1.29 is 46.8 Å². The van der Waals surface area contributed by atoms with E-state index >= 15 is 0 Å². The van der Waals surface area contributed by atoms with Crippen LogP contribution in [0.4, 0.5) is 5.82 Å². The number of hydrogen-bond acceptors (Lipinski definition) is 8. The zero-order chi connectivity index (χ0) is 19.0. The van der Waals surface area contributed by atoms with E-state index in [1.165, 1.54) is 6.20 Å². The van der Waals surface area contributed by atoms with Crippen molar-refractivity contribution in [2.45, 2.75) is 13.3 Å². The molecule has 17 heteroatoms. The molecule has 0 radical (unpaired) electrons. The van der Waals surface area contributed by atoms with Crippen LogP contribution in [0.3, 0.4) is 0 Å². The Morgan fingerprint density at radius 3 is 2.00 bits per heavy atom. The van der Waals surface area contributed by atoms with Crippen molar-refractivity contribution in [3.63, 3.8) is 0 Å². The molecule has 1 rings (SSSR count). The largest absolute Gasteiger partial charge is 0.490 e. The second kappa shape index (κ2) is 9.54. The van der Waals surface area contributed by atoms with E-state index in [4.69, 9.17) is 24.5 Å². The third kappa shape index (κ3) is 13.5. The average molecular weight is 411 g/mol. The number of nitrogens with zero attached hydrogens (tertiary/aromatic N) is 1. The van der Waals surface area contributed by atoms with Crippen LogP contribution in [0, 0.1) is 0 Å². The van der Waals surface area contributed by atoms with Crippen LogP contribution in [-0.4, -0.2) is 41.0 Å². The number of anilines is 1. The Bertz CT molecular complexity index is 681. The van der Waals surface area contributed by atoms with Crippen LogP contribution < -0.4 is 11.0 Å². The van der Waals surface area contributed by atoms with E-state index in [1.807, 2.05) is 0 Å². The number of aromatic amines is 1. The van der Waals surface area contributed by atoms with Gasteiger partial charge in [-0.25, -0.2) is 23.5 Å². The highest BCUT2D eigenvalue weighted by molar-refractivity contribution is 7.66. The van der Waals surface area contributed by atoms with Crippen molar-refractivity contribution in [3.8, 4) is 0 Å². The molecule has 0 amide bonds. The van der Waals surface area contributed by atoms with E-state index < -0.39 is 23.5 Å². The lowest BCUT2D eigenvalue weighted by Gasteiger charge is -2.11. The van der Waals surface area contributed by atoms with Crippen LogP contribution in [0.1, 0.15) is 13.3 Å². The average Bonchev–Trinajstić information content (AvgIpc) is 2.31. The number of nitrogens with one attached hydrogen (secondary N) is 2. The molecule has 0 aromatic carbocycles. The lowest BCUT2D eigenvalue weighted by atomic mass is 10.5. The van der Waals surface area contributed by atoms with Gasteiger partial charge in [-0.2, -0.15) is 8.62 Å². The van der Waals surface area contributed by atoms with Crippen LogP contribution in [0.15, 0.2) is 17.1 Å². The lowest BCUT2D eigenvalue weighted by Crippen LogP contribution is -2.12. The molecular weight excluding hydrogens is 395 g/mol. The van der Waals surface area contributed by atoms with Crippen LogP contribution in [-0.2, 0) is 22.3 Å². The standard InChI is InChI=1S/C7H11N3O.H5O10P3/c1-2-4-8-6-3-5-9-7(11)10-6;1-11(2,3)9-13(7,8)10-12(4,5)6/h3,5H,2,4H2,1H3,(H2,8,9,10,11);(H,7,8)(H2,1,2,3)(H2,4,5,6). The van der Waals surface area contributed by atoms with E-state index in [2.05, 4.69) is 30.8 Å². The summed E-state index contributed by atoms with van der Waals surface area (Å²) in [6.07, 6.45) is 2.52. The Kier molecular flexibility index (Phi) is 9.18. The molecule has 1 aromatic heterocycles. The van der Waals surface area contributed by atoms with Gasteiger partial charge in [-0.3, -0.25) is 4.98 Å². The van der Waals surface area contributed by atoms with Gasteiger partial charge in [0.1, 0.15) is 5.82 Å². The number of H-pyrrole nitrogens is 1. The molecule has 0 aliphatic carbocycles. The number of aromatic nitrogens is 2. The maximum absolute atomic E-state index is 10.6. The molecule has 1 aromatic rings. The Labute approximate surface area is 135 Å². The van der Waals surface area contributed by atoms with Gasteiger partial charge in [-0.05, 0) is 12.5 Å². The molecule has 0 fully saturated rings. The molecule has 1 heterocycles. The van der Waals surface area contributed by atoms with Gasteiger partial charge in [0, 0.05) is 12.7 Å². The van der Waals surface area contributed by atoms with Gasteiger partial charge in [0.15, 0.2) is 0 Å².